The van der Waals surface area contributed by atoms with Crippen LogP contribution in [0, 0.1) is 6.67 Å². The number of aromatic nitrogens is 1. The number of para-hydroxylation sites is 3. The second kappa shape index (κ2) is 16.8. The Kier molecular flexibility index (Phi) is 11.5. The van der Waals surface area contributed by atoms with Crippen molar-refractivity contribution in [1.29, 1.82) is 0 Å². The van der Waals surface area contributed by atoms with Crippen LogP contribution in [0.4, 0.5) is 11.4 Å². The molecule has 1 aliphatic rings. The molecule has 0 aliphatic carbocycles. The fourth-order valence-electron chi connectivity index (χ4n) is 7.27. The van der Waals surface area contributed by atoms with Crippen LogP contribution in [-0.4, -0.2) is 5.84 Å². The second-order valence-corrected chi connectivity index (χ2v) is 14.4. The van der Waals surface area contributed by atoms with Gasteiger partial charge in [-0.1, -0.05) is 185 Å². The molecule has 0 saturated heterocycles. The Morgan fingerprint density at radius 2 is 0.909 bits per heavy atom. The number of amidine groups is 1. The number of benzene rings is 7. The summed E-state index contributed by atoms with van der Waals surface area (Å²) in [6, 6.07) is 61.7. The molecule has 0 atom stereocenters. The van der Waals surface area contributed by atoms with E-state index in [0.29, 0.717) is 11.8 Å². The first kappa shape index (κ1) is 37.7. The van der Waals surface area contributed by atoms with E-state index in [0.717, 1.165) is 28.1 Å². The number of anilines is 2. The van der Waals surface area contributed by atoms with Gasteiger partial charge in [-0.05, 0) is 74.2 Å². The molecule has 5 heteroatoms. The summed E-state index contributed by atoms with van der Waals surface area (Å²) in [5.74, 6) is 1.64. The minimum Gasteiger partial charge on any atom is -0.657 e. The third kappa shape index (κ3) is 7.94. The van der Waals surface area contributed by atoms with Gasteiger partial charge in [0.1, 0.15) is 5.84 Å². The Labute approximate surface area is 340 Å². The molecule has 7 aromatic carbocycles. The molecule has 0 N–H and O–H groups in total. The number of fused-ring (bicyclic) bond motifs is 3. The van der Waals surface area contributed by atoms with Gasteiger partial charge in [0.25, 0.3) is 0 Å². The third-order valence-electron chi connectivity index (χ3n) is 10.0. The molecule has 0 bridgehead atoms. The third-order valence-corrected chi connectivity index (χ3v) is 10.0. The maximum absolute atomic E-state index is 5.30. The largest absolute Gasteiger partial charge is 0.657 e. The molecule has 0 saturated carbocycles. The fourth-order valence-corrected chi connectivity index (χ4v) is 7.27. The minimum atomic E-state index is 0. The molecule has 2 heterocycles. The molecule has 55 heavy (non-hydrogen) atoms. The first-order valence-corrected chi connectivity index (χ1v) is 18.8. The summed E-state index contributed by atoms with van der Waals surface area (Å²) in [6.45, 7) is 11.2. The van der Waals surface area contributed by atoms with E-state index in [1.54, 1.807) is 0 Å². The first-order valence-electron chi connectivity index (χ1n) is 18.8. The van der Waals surface area contributed by atoms with Gasteiger partial charge in [0.05, 0.1) is 0 Å². The molecule has 1 aliphatic heterocycles. The Balaban J connectivity index is 0.000000278. The van der Waals surface area contributed by atoms with Crippen molar-refractivity contribution < 1.29 is 22.4 Å². The van der Waals surface area contributed by atoms with Crippen LogP contribution in [0.15, 0.2) is 181 Å². The van der Waals surface area contributed by atoms with E-state index in [4.69, 9.17) is 5.10 Å². The zero-order valence-corrected chi connectivity index (χ0v) is 33.7. The van der Waals surface area contributed by atoms with E-state index >= 15 is 0 Å². The Bertz CT molecular complexity index is 2400. The summed E-state index contributed by atoms with van der Waals surface area (Å²) < 4.78 is 0. The van der Waals surface area contributed by atoms with Gasteiger partial charge in [-0.25, -0.2) is 0 Å². The van der Waals surface area contributed by atoms with Gasteiger partial charge < -0.3 is 14.9 Å². The number of hydrogen-bond donors (Lipinski definition) is 0. The molecule has 8 aromatic rings. The van der Waals surface area contributed by atoms with Crippen molar-refractivity contribution in [1.82, 2.24) is 4.98 Å². The van der Waals surface area contributed by atoms with Crippen LogP contribution in [0.2, 0.25) is 0 Å². The van der Waals surface area contributed by atoms with Gasteiger partial charge in [-0.2, -0.15) is 5.10 Å². The molecule has 1 aromatic heterocycles. The van der Waals surface area contributed by atoms with Crippen LogP contribution in [0.25, 0.3) is 44.1 Å². The number of nitrogens with zero attached hydrogens (tertiary/aromatic N) is 4. The zero-order valence-electron chi connectivity index (χ0n) is 31.6. The molecule has 0 fully saturated rings. The van der Waals surface area contributed by atoms with Crippen molar-refractivity contribution in [2.45, 2.75) is 39.5 Å². The van der Waals surface area contributed by atoms with Gasteiger partial charge in [-0.15, -0.1) is 17.7 Å². The maximum Gasteiger partial charge on any atom is 0.129 e. The van der Waals surface area contributed by atoms with Gasteiger partial charge in [0.15, 0.2) is 0 Å². The van der Waals surface area contributed by atoms with E-state index in [9.17, 15) is 0 Å². The molecule has 0 unspecified atom stereocenters. The van der Waals surface area contributed by atoms with Gasteiger partial charge in [-0.3, -0.25) is 0 Å². The van der Waals surface area contributed by atoms with Crippen molar-refractivity contribution in [3.05, 3.63) is 199 Å². The number of hydrazone groups is 1. The van der Waals surface area contributed by atoms with Gasteiger partial charge in [0.2, 0.25) is 0 Å². The Morgan fingerprint density at radius 3 is 1.38 bits per heavy atom. The average Bonchev–Trinajstić information content (AvgIpc) is 3.84. The quantitative estimate of drug-likeness (QED) is 0.118. The van der Waals surface area contributed by atoms with Crippen molar-refractivity contribution in [3.8, 4) is 22.3 Å². The van der Waals surface area contributed by atoms with Crippen LogP contribution < -0.4 is 14.9 Å². The van der Waals surface area contributed by atoms with Crippen LogP contribution >= 0.6 is 0 Å². The van der Waals surface area contributed by atoms with E-state index in [2.05, 4.69) is 213 Å². The van der Waals surface area contributed by atoms with Crippen molar-refractivity contribution in [3.63, 3.8) is 0 Å². The Morgan fingerprint density at radius 1 is 0.473 bits per heavy atom. The summed E-state index contributed by atoms with van der Waals surface area (Å²) in [5.41, 5.74) is 12.8. The number of rotatable bonds is 7. The van der Waals surface area contributed by atoms with Crippen molar-refractivity contribution in [2.75, 3.05) is 9.91 Å². The molecular weight excluding hydrogens is 854 g/mol. The van der Waals surface area contributed by atoms with Crippen LogP contribution in [0.1, 0.15) is 56.2 Å². The summed E-state index contributed by atoms with van der Waals surface area (Å²) >= 11 is 0. The zero-order chi connectivity index (χ0) is 37.0. The molecule has 277 valence electrons. The summed E-state index contributed by atoms with van der Waals surface area (Å²) in [7, 11) is 0. The Hall–Kier alpha value is -5.65. The van der Waals surface area contributed by atoms with E-state index in [1.165, 1.54) is 49.8 Å². The predicted molar refractivity (Wildman–Crippen MR) is 229 cm³/mol. The summed E-state index contributed by atoms with van der Waals surface area (Å²) in [5, 5.41) is 9.90. The second-order valence-electron chi connectivity index (χ2n) is 14.4. The number of hydrogen-bond acceptors (Lipinski definition) is 3. The molecule has 4 nitrogen and oxygen atoms in total. The molecule has 0 spiro atoms. The monoisotopic (exact) mass is 897 g/mol. The smallest absolute Gasteiger partial charge is 0.129 e. The SMILES string of the molecule is CC(C)c1cccc(C(C)C)c1N1[CH-]N(c2cc(-c3ccccc3)cc(-c3ccccc3)c2)C(c2ccccc2)=N1.[Au].c1ccc2c(c1)[n-]c1ccccc12. The van der Waals surface area contributed by atoms with E-state index in [-0.39, 0.29) is 22.4 Å². The first-order chi connectivity index (χ1) is 26.4. The predicted octanol–water partition coefficient (Wildman–Crippen LogP) is 13.0. The minimum absolute atomic E-state index is 0. The topological polar surface area (TPSA) is 32.9 Å². The van der Waals surface area contributed by atoms with Gasteiger partial charge >= 0.3 is 0 Å². The van der Waals surface area contributed by atoms with Crippen molar-refractivity contribution >= 4 is 39.0 Å². The molecule has 9 rings (SSSR count). The summed E-state index contributed by atoms with van der Waals surface area (Å²) in [6.07, 6.45) is 0. The molecule has 1 radical (unpaired) electrons. The molecular formula is C50H44AuN4-2. The van der Waals surface area contributed by atoms with Crippen LogP contribution in [0.3, 0.4) is 0 Å². The fraction of sp³-hybridized carbons (Fsp3) is 0.120. The van der Waals surface area contributed by atoms with Crippen LogP contribution in [-0.2, 0) is 22.4 Å². The van der Waals surface area contributed by atoms with Crippen LogP contribution in [0.5, 0.6) is 0 Å². The van der Waals surface area contributed by atoms with Gasteiger partial charge in [0, 0.05) is 39.3 Å². The summed E-state index contributed by atoms with van der Waals surface area (Å²) in [4.78, 5) is 6.76. The molecule has 0 amide bonds. The maximum atomic E-state index is 5.30. The standard InChI is InChI=1S/C38H36N3.C12H8N.Au/c1-27(2)35-21-14-22-36(28(3)4)37(35)41-26-40(38(39-41)31-19-12-7-13-20-31)34-24-32(29-15-8-5-9-16-29)23-33(25-34)30-17-10-6-11-18-30;1-3-7-11-9(5-1)10-6-2-4-8-12(10)13-11;/h5-28H,1-4H3;1-8H;/q2*-1;. The average molecular weight is 898 g/mol. The van der Waals surface area contributed by atoms with E-state index in [1.807, 2.05) is 12.1 Å². The van der Waals surface area contributed by atoms with E-state index < -0.39 is 0 Å². The normalized spacial score (nSPS) is 12.5. The van der Waals surface area contributed by atoms with Crippen molar-refractivity contribution in [2.24, 2.45) is 5.10 Å².